The van der Waals surface area contributed by atoms with Crippen molar-refractivity contribution in [2.45, 2.75) is 50.7 Å². The highest BCUT2D eigenvalue weighted by Crippen LogP contribution is 2.24. The van der Waals surface area contributed by atoms with Gasteiger partial charge in [0.25, 0.3) is 5.91 Å². The summed E-state index contributed by atoms with van der Waals surface area (Å²) < 4.78 is 16.2. The van der Waals surface area contributed by atoms with Crippen molar-refractivity contribution in [3.63, 3.8) is 0 Å². The molecule has 0 saturated carbocycles. The SMILES string of the molecule is C[C@H]1OC(=O)C(C2COC2)OC(=O)[C@H](C)[C@H](O)[C@H](Cc2ccccc2)NC(=O)[C@H]1NC(=O)c1ncccc1O. The van der Waals surface area contributed by atoms with E-state index in [1.807, 2.05) is 6.07 Å². The molecule has 2 aliphatic heterocycles. The molecule has 2 fully saturated rings. The molecule has 6 atom stereocenters. The predicted octanol–water partition coefficient (Wildman–Crippen LogP) is 0.114. The zero-order valence-electron chi connectivity index (χ0n) is 21.5. The van der Waals surface area contributed by atoms with Crippen LogP contribution in [-0.2, 0) is 35.0 Å². The second-order valence-corrected chi connectivity index (χ2v) is 9.70. The van der Waals surface area contributed by atoms with E-state index in [1.54, 1.807) is 24.3 Å². The number of carbonyl (C=O) groups is 4. The van der Waals surface area contributed by atoms with Crippen molar-refractivity contribution < 1.29 is 43.6 Å². The average molecular weight is 542 g/mol. The molecule has 1 unspecified atom stereocenters. The van der Waals surface area contributed by atoms with Gasteiger partial charge in [-0.25, -0.2) is 9.78 Å². The third-order valence-electron chi connectivity index (χ3n) is 6.83. The third-order valence-corrected chi connectivity index (χ3v) is 6.83. The number of aliphatic hydroxyl groups excluding tert-OH is 1. The minimum absolute atomic E-state index is 0.154. The van der Waals surface area contributed by atoms with Crippen molar-refractivity contribution in [3.05, 3.63) is 59.9 Å². The molecular formula is C27H31N3O9. The fourth-order valence-electron chi connectivity index (χ4n) is 4.38. The number of pyridine rings is 1. The van der Waals surface area contributed by atoms with Crippen molar-refractivity contribution in [3.8, 4) is 5.75 Å². The lowest BCUT2D eigenvalue weighted by Gasteiger charge is -2.36. The van der Waals surface area contributed by atoms with Gasteiger partial charge >= 0.3 is 11.9 Å². The number of hydrogen-bond acceptors (Lipinski definition) is 10. The fraction of sp³-hybridized carbons (Fsp3) is 0.444. The molecule has 39 heavy (non-hydrogen) atoms. The third kappa shape index (κ3) is 6.52. The monoisotopic (exact) mass is 541 g/mol. The Hall–Kier alpha value is -4.03. The summed E-state index contributed by atoms with van der Waals surface area (Å²) in [5, 5.41) is 26.4. The van der Waals surface area contributed by atoms with Crippen LogP contribution in [0.5, 0.6) is 5.75 Å². The molecule has 208 valence electrons. The van der Waals surface area contributed by atoms with Gasteiger partial charge in [0.2, 0.25) is 12.0 Å². The van der Waals surface area contributed by atoms with E-state index in [9.17, 15) is 29.4 Å². The number of cyclic esters (lactones) is 2. The Labute approximate surface area is 224 Å². The van der Waals surface area contributed by atoms with Gasteiger partial charge in [0, 0.05) is 6.20 Å². The van der Waals surface area contributed by atoms with Crippen molar-refractivity contribution >= 4 is 23.8 Å². The highest BCUT2D eigenvalue weighted by molar-refractivity contribution is 5.98. The molecule has 2 amide bonds. The molecule has 2 saturated heterocycles. The Kier molecular flexibility index (Phi) is 8.77. The number of nitrogens with one attached hydrogen (secondary N) is 2. The molecule has 0 spiro atoms. The number of esters is 2. The zero-order chi connectivity index (χ0) is 28.1. The summed E-state index contributed by atoms with van der Waals surface area (Å²) in [5.74, 6) is -5.39. The van der Waals surface area contributed by atoms with Gasteiger partial charge < -0.3 is 35.1 Å². The Balaban J connectivity index is 1.67. The molecule has 4 N–H and O–H groups in total. The van der Waals surface area contributed by atoms with Gasteiger partial charge in [0.1, 0.15) is 17.9 Å². The quantitative estimate of drug-likeness (QED) is 0.381. The van der Waals surface area contributed by atoms with Gasteiger partial charge in [0.15, 0.2) is 5.69 Å². The van der Waals surface area contributed by atoms with Gasteiger partial charge in [-0.2, -0.15) is 0 Å². The van der Waals surface area contributed by atoms with Crippen molar-refractivity contribution in [2.75, 3.05) is 13.2 Å². The number of amides is 2. The number of aromatic nitrogens is 1. The number of rotatable bonds is 5. The van der Waals surface area contributed by atoms with E-state index < -0.39 is 71.7 Å². The van der Waals surface area contributed by atoms with Crippen LogP contribution in [0, 0.1) is 11.8 Å². The van der Waals surface area contributed by atoms with E-state index >= 15 is 0 Å². The first-order valence-corrected chi connectivity index (χ1v) is 12.6. The molecule has 4 rings (SSSR count). The van der Waals surface area contributed by atoms with Crippen LogP contribution >= 0.6 is 0 Å². The molecule has 0 radical (unpaired) electrons. The summed E-state index contributed by atoms with van der Waals surface area (Å²) in [7, 11) is 0. The first kappa shape index (κ1) is 28.0. The molecule has 2 aromatic rings. The molecule has 1 aromatic heterocycles. The lowest BCUT2D eigenvalue weighted by molar-refractivity contribution is -0.192. The maximum atomic E-state index is 13.6. The maximum Gasteiger partial charge on any atom is 0.348 e. The van der Waals surface area contributed by atoms with Gasteiger partial charge in [-0.3, -0.25) is 14.4 Å². The number of aromatic hydroxyl groups is 1. The number of carbonyl (C=O) groups excluding carboxylic acids is 4. The topological polar surface area (TPSA) is 173 Å². The molecule has 12 heteroatoms. The average Bonchev–Trinajstić information content (AvgIpc) is 2.89. The van der Waals surface area contributed by atoms with E-state index in [1.165, 1.54) is 32.2 Å². The van der Waals surface area contributed by atoms with Gasteiger partial charge in [-0.1, -0.05) is 30.3 Å². The summed E-state index contributed by atoms with van der Waals surface area (Å²) in [6, 6.07) is 9.29. The Morgan fingerprint density at radius 1 is 1.05 bits per heavy atom. The van der Waals surface area contributed by atoms with Crippen molar-refractivity contribution in [1.29, 1.82) is 0 Å². The number of benzene rings is 1. The number of ether oxygens (including phenoxy) is 3. The minimum atomic E-state index is -1.45. The van der Waals surface area contributed by atoms with E-state index in [0.717, 1.165) is 5.56 Å². The molecule has 12 nitrogen and oxygen atoms in total. The summed E-state index contributed by atoms with van der Waals surface area (Å²) in [6.45, 7) is 3.16. The molecule has 0 bridgehead atoms. The van der Waals surface area contributed by atoms with E-state index in [2.05, 4.69) is 15.6 Å². The summed E-state index contributed by atoms with van der Waals surface area (Å²) in [6.07, 6.45) is -2.51. The van der Waals surface area contributed by atoms with Crippen LogP contribution in [0.4, 0.5) is 0 Å². The van der Waals surface area contributed by atoms with Crippen LogP contribution in [-0.4, -0.2) is 82.6 Å². The fourth-order valence-corrected chi connectivity index (χ4v) is 4.38. The standard InChI is InChI=1S/C27H31N3O9/c1-14-22(32)18(11-16-7-4-3-5-8-16)29-24(33)20(30-25(34)21-19(31)9-6-10-28-21)15(2)38-27(36)23(39-26(14)35)17-12-37-13-17/h3-10,14-15,17-18,20,22-23,31-32H,11-13H2,1-2H3,(H,29,33)(H,30,34)/t14-,15-,18+,20+,22+,23?/m1/s1. The van der Waals surface area contributed by atoms with Crippen LogP contribution in [0.2, 0.25) is 0 Å². The molecule has 1 aromatic carbocycles. The number of hydrogen-bond donors (Lipinski definition) is 4. The van der Waals surface area contributed by atoms with Crippen LogP contribution < -0.4 is 10.6 Å². The first-order valence-electron chi connectivity index (χ1n) is 12.6. The highest BCUT2D eigenvalue weighted by atomic mass is 16.6. The lowest BCUT2D eigenvalue weighted by Crippen LogP contribution is -2.60. The van der Waals surface area contributed by atoms with E-state index in [-0.39, 0.29) is 25.3 Å². The van der Waals surface area contributed by atoms with Gasteiger partial charge in [-0.15, -0.1) is 0 Å². The minimum Gasteiger partial charge on any atom is -0.505 e. The lowest BCUT2D eigenvalue weighted by atomic mass is 9.92. The number of aliphatic hydroxyl groups is 1. The molecule has 2 aliphatic rings. The summed E-state index contributed by atoms with van der Waals surface area (Å²) in [4.78, 5) is 56.4. The van der Waals surface area contributed by atoms with Crippen LogP contribution in [0.1, 0.15) is 29.9 Å². The normalized spacial score (nSPS) is 28.5. The van der Waals surface area contributed by atoms with Crippen molar-refractivity contribution in [1.82, 2.24) is 15.6 Å². The predicted molar refractivity (Wildman–Crippen MR) is 134 cm³/mol. The van der Waals surface area contributed by atoms with Gasteiger partial charge in [0.05, 0.1) is 37.2 Å². The second-order valence-electron chi connectivity index (χ2n) is 9.70. The van der Waals surface area contributed by atoms with Crippen molar-refractivity contribution in [2.24, 2.45) is 11.8 Å². The number of nitrogens with zero attached hydrogens (tertiary/aromatic N) is 1. The maximum absolute atomic E-state index is 13.6. The highest BCUT2D eigenvalue weighted by Gasteiger charge is 2.44. The first-order chi connectivity index (χ1) is 18.7. The summed E-state index contributed by atoms with van der Waals surface area (Å²) in [5.41, 5.74) is 0.445. The second kappa shape index (κ2) is 12.2. The van der Waals surface area contributed by atoms with E-state index in [4.69, 9.17) is 14.2 Å². The smallest absolute Gasteiger partial charge is 0.348 e. The van der Waals surface area contributed by atoms with Crippen LogP contribution in [0.15, 0.2) is 48.7 Å². The van der Waals surface area contributed by atoms with Crippen LogP contribution in [0.25, 0.3) is 0 Å². The molecular weight excluding hydrogens is 510 g/mol. The van der Waals surface area contributed by atoms with Crippen LogP contribution in [0.3, 0.4) is 0 Å². The van der Waals surface area contributed by atoms with E-state index in [0.29, 0.717) is 0 Å². The molecule has 0 aliphatic carbocycles. The van der Waals surface area contributed by atoms with Gasteiger partial charge in [-0.05, 0) is 38.0 Å². The zero-order valence-corrected chi connectivity index (χ0v) is 21.5. The molecule has 3 heterocycles. The summed E-state index contributed by atoms with van der Waals surface area (Å²) >= 11 is 0. The Bertz CT molecular complexity index is 1200. The Morgan fingerprint density at radius 2 is 1.77 bits per heavy atom. The largest absolute Gasteiger partial charge is 0.505 e. The Morgan fingerprint density at radius 3 is 2.41 bits per heavy atom.